The van der Waals surface area contributed by atoms with Crippen molar-refractivity contribution in [1.82, 2.24) is 9.97 Å². The number of H-pyrrole nitrogens is 1. The Morgan fingerprint density at radius 2 is 2.03 bits per heavy atom. The maximum atomic E-state index is 12.8. The highest BCUT2D eigenvalue weighted by atomic mass is 16.6. The molecule has 1 fully saturated rings. The summed E-state index contributed by atoms with van der Waals surface area (Å²) in [6.45, 7) is 1.51. The summed E-state index contributed by atoms with van der Waals surface area (Å²) in [6, 6.07) is 5.44. The first kappa shape index (κ1) is 18.6. The number of hydrogen-bond donors (Lipinski definition) is 3. The van der Waals surface area contributed by atoms with Crippen LogP contribution in [0.1, 0.15) is 30.7 Å². The molecule has 0 unspecified atom stereocenters. The fraction of sp³-hybridized carbons (Fsp3) is 0.333. The second-order valence-electron chi connectivity index (χ2n) is 6.95. The fourth-order valence-electron chi connectivity index (χ4n) is 3.59. The van der Waals surface area contributed by atoms with Gasteiger partial charge in [-0.15, -0.1) is 0 Å². The number of nitrogens with zero attached hydrogens (tertiary/aromatic N) is 3. The van der Waals surface area contributed by atoms with E-state index in [9.17, 15) is 24.5 Å². The van der Waals surface area contributed by atoms with Crippen LogP contribution >= 0.6 is 0 Å². The van der Waals surface area contributed by atoms with E-state index >= 15 is 0 Å². The number of aromatic nitrogens is 2. The van der Waals surface area contributed by atoms with Crippen LogP contribution in [0.5, 0.6) is 0 Å². The molecule has 0 spiro atoms. The number of nitro groups is 1. The Hall–Kier alpha value is -3.76. The van der Waals surface area contributed by atoms with Crippen LogP contribution < -0.4 is 21.1 Å². The van der Waals surface area contributed by atoms with Gasteiger partial charge in [-0.1, -0.05) is 6.07 Å². The second kappa shape index (κ2) is 7.34. The Kier molecular flexibility index (Phi) is 4.71. The molecule has 2 aromatic rings. The summed E-state index contributed by atoms with van der Waals surface area (Å²) in [4.78, 5) is 57.0. The van der Waals surface area contributed by atoms with Gasteiger partial charge in [-0.25, -0.2) is 0 Å². The molecule has 4 rings (SSSR count). The lowest BCUT2D eigenvalue weighted by molar-refractivity contribution is -0.384. The Labute approximate surface area is 164 Å². The van der Waals surface area contributed by atoms with Crippen LogP contribution in [0.15, 0.2) is 29.1 Å². The van der Waals surface area contributed by atoms with E-state index in [1.54, 1.807) is 0 Å². The van der Waals surface area contributed by atoms with Crippen LogP contribution in [0.2, 0.25) is 0 Å². The van der Waals surface area contributed by atoms with Crippen LogP contribution in [0.4, 0.5) is 23.1 Å². The Morgan fingerprint density at radius 1 is 1.28 bits per heavy atom. The number of rotatable bonds is 4. The number of anilines is 3. The van der Waals surface area contributed by atoms with Gasteiger partial charge in [0.15, 0.2) is 0 Å². The van der Waals surface area contributed by atoms with Crippen molar-refractivity contribution in [2.24, 2.45) is 0 Å². The van der Waals surface area contributed by atoms with Gasteiger partial charge in [0.1, 0.15) is 5.82 Å². The lowest BCUT2D eigenvalue weighted by Gasteiger charge is -2.25. The molecule has 150 valence electrons. The highest BCUT2D eigenvalue weighted by molar-refractivity contribution is 6.04. The first-order valence-electron chi connectivity index (χ1n) is 9.16. The molecule has 0 saturated carbocycles. The number of nitro benzene ring substituents is 1. The molecule has 2 amide bonds. The lowest BCUT2D eigenvalue weighted by Crippen LogP contribution is -2.37. The topological polar surface area (TPSA) is 150 Å². The van der Waals surface area contributed by atoms with Gasteiger partial charge in [-0.2, -0.15) is 4.98 Å². The van der Waals surface area contributed by atoms with Crippen molar-refractivity contribution in [2.45, 2.75) is 25.2 Å². The number of carbonyl (C=O) groups is 2. The zero-order chi connectivity index (χ0) is 20.5. The summed E-state index contributed by atoms with van der Waals surface area (Å²) in [5.74, 6) is -1.65. The van der Waals surface area contributed by atoms with Crippen molar-refractivity contribution in [3.05, 3.63) is 50.3 Å². The molecule has 1 saturated heterocycles. The van der Waals surface area contributed by atoms with Crippen LogP contribution in [-0.2, 0) is 9.59 Å². The Balaban J connectivity index is 1.64. The third kappa shape index (κ3) is 3.66. The third-order valence-corrected chi connectivity index (χ3v) is 4.99. The van der Waals surface area contributed by atoms with E-state index in [0.29, 0.717) is 5.95 Å². The van der Waals surface area contributed by atoms with Gasteiger partial charge in [0, 0.05) is 37.3 Å². The minimum Gasteiger partial charge on any atom is -0.342 e. The Bertz CT molecular complexity index is 1060. The number of non-ortho nitro benzene ring substituents is 1. The number of hydrogen-bond acceptors (Lipinski definition) is 7. The SMILES string of the molecule is O=C1C[C@@H](C(=O)Nc2cccc([N+](=O)[O-])c2)c2c(nc(N3CCCC3)[nH]c2=O)N1. The van der Waals surface area contributed by atoms with Gasteiger partial charge < -0.3 is 15.5 Å². The monoisotopic (exact) mass is 398 g/mol. The summed E-state index contributed by atoms with van der Waals surface area (Å²) in [5.41, 5.74) is -0.388. The van der Waals surface area contributed by atoms with Crippen LogP contribution in [0.3, 0.4) is 0 Å². The lowest BCUT2D eigenvalue weighted by atomic mass is 9.92. The molecule has 29 heavy (non-hydrogen) atoms. The molecule has 0 aliphatic carbocycles. The third-order valence-electron chi connectivity index (χ3n) is 4.99. The Morgan fingerprint density at radius 3 is 2.76 bits per heavy atom. The van der Waals surface area contributed by atoms with Gasteiger partial charge in [-0.05, 0) is 18.9 Å². The maximum absolute atomic E-state index is 12.8. The van der Waals surface area contributed by atoms with E-state index in [1.807, 2.05) is 4.90 Å². The second-order valence-corrected chi connectivity index (χ2v) is 6.95. The van der Waals surface area contributed by atoms with E-state index in [2.05, 4.69) is 20.6 Å². The molecule has 0 bridgehead atoms. The number of aromatic amines is 1. The average Bonchev–Trinajstić information content (AvgIpc) is 3.22. The van der Waals surface area contributed by atoms with Gasteiger partial charge in [0.05, 0.1) is 16.4 Å². The predicted octanol–water partition coefficient (Wildman–Crippen LogP) is 1.34. The number of amides is 2. The molecule has 11 nitrogen and oxygen atoms in total. The number of fused-ring (bicyclic) bond motifs is 1. The van der Waals surface area contributed by atoms with Crippen LogP contribution in [0, 0.1) is 10.1 Å². The summed E-state index contributed by atoms with van der Waals surface area (Å²) in [5, 5.41) is 16.0. The highest BCUT2D eigenvalue weighted by Gasteiger charge is 2.35. The molecule has 3 heterocycles. The molecule has 3 N–H and O–H groups in total. The van der Waals surface area contributed by atoms with E-state index in [-0.39, 0.29) is 29.2 Å². The largest absolute Gasteiger partial charge is 0.342 e. The number of carbonyl (C=O) groups excluding carboxylic acids is 2. The van der Waals surface area contributed by atoms with Crippen LogP contribution in [-0.4, -0.2) is 39.8 Å². The smallest absolute Gasteiger partial charge is 0.271 e. The zero-order valence-electron chi connectivity index (χ0n) is 15.3. The number of benzene rings is 1. The van der Waals surface area contributed by atoms with E-state index in [4.69, 9.17) is 0 Å². The molecule has 2 aliphatic heterocycles. The fourth-order valence-corrected chi connectivity index (χ4v) is 3.59. The first-order chi connectivity index (χ1) is 13.9. The van der Waals surface area contributed by atoms with Crippen molar-refractivity contribution in [3.63, 3.8) is 0 Å². The normalized spacial score (nSPS) is 18.1. The van der Waals surface area contributed by atoms with E-state index in [0.717, 1.165) is 25.9 Å². The van der Waals surface area contributed by atoms with E-state index < -0.39 is 28.2 Å². The minimum absolute atomic E-state index is 0.0751. The van der Waals surface area contributed by atoms with Crippen molar-refractivity contribution >= 4 is 35.0 Å². The van der Waals surface area contributed by atoms with Crippen molar-refractivity contribution in [2.75, 3.05) is 28.6 Å². The standard InChI is InChI=1S/C18H18N6O5/c25-13-9-12(16(26)19-10-4-3-5-11(8-10)24(28)29)14-15(20-13)21-18(22-17(14)27)23-6-1-2-7-23/h3-5,8,12H,1-2,6-7,9H2,(H,19,26)(H2,20,21,22,25,27)/t12-/m1/s1. The van der Waals surface area contributed by atoms with Gasteiger partial charge in [-0.3, -0.25) is 29.5 Å². The van der Waals surface area contributed by atoms with Gasteiger partial charge in [0.25, 0.3) is 11.2 Å². The van der Waals surface area contributed by atoms with Crippen molar-refractivity contribution in [3.8, 4) is 0 Å². The van der Waals surface area contributed by atoms with Gasteiger partial charge in [0.2, 0.25) is 17.8 Å². The van der Waals surface area contributed by atoms with Crippen LogP contribution in [0.25, 0.3) is 0 Å². The quantitative estimate of drug-likeness (QED) is 0.519. The minimum atomic E-state index is -1.05. The molecular formula is C18H18N6O5. The molecule has 1 aromatic heterocycles. The van der Waals surface area contributed by atoms with E-state index in [1.165, 1.54) is 24.3 Å². The summed E-state index contributed by atoms with van der Waals surface area (Å²) < 4.78 is 0. The van der Waals surface area contributed by atoms with Crippen molar-refractivity contribution < 1.29 is 14.5 Å². The molecule has 1 atom stereocenters. The summed E-state index contributed by atoms with van der Waals surface area (Å²) in [6.07, 6.45) is 1.75. The first-order valence-corrected chi connectivity index (χ1v) is 9.16. The molecule has 11 heteroatoms. The molecule has 0 radical (unpaired) electrons. The number of nitrogens with one attached hydrogen (secondary N) is 3. The average molecular weight is 398 g/mol. The molecule has 1 aromatic carbocycles. The summed E-state index contributed by atoms with van der Waals surface area (Å²) >= 11 is 0. The molecular weight excluding hydrogens is 380 g/mol. The zero-order valence-corrected chi connectivity index (χ0v) is 15.3. The van der Waals surface area contributed by atoms with Gasteiger partial charge >= 0.3 is 0 Å². The summed E-state index contributed by atoms with van der Waals surface area (Å²) in [7, 11) is 0. The predicted molar refractivity (Wildman–Crippen MR) is 104 cm³/mol. The highest BCUT2D eigenvalue weighted by Crippen LogP contribution is 2.31. The maximum Gasteiger partial charge on any atom is 0.271 e. The molecule has 2 aliphatic rings. The van der Waals surface area contributed by atoms with Crippen molar-refractivity contribution in [1.29, 1.82) is 0 Å².